The van der Waals surface area contributed by atoms with Crippen LogP contribution in [0.1, 0.15) is 134 Å². The highest BCUT2D eigenvalue weighted by molar-refractivity contribution is 5.83. The van der Waals surface area contributed by atoms with Crippen molar-refractivity contribution in [3.63, 3.8) is 0 Å². The average Bonchev–Trinajstić information content (AvgIpc) is 0.847. The smallest absolute Gasteiger partial charge is 0.303 e. The second kappa shape index (κ2) is 47.9. The van der Waals surface area contributed by atoms with Crippen LogP contribution in [-0.4, -0.2) is 120 Å². The second-order valence-electron chi connectivity index (χ2n) is 26.2. The van der Waals surface area contributed by atoms with Gasteiger partial charge in [-0.15, -0.1) is 0 Å². The van der Waals surface area contributed by atoms with Gasteiger partial charge in [0.1, 0.15) is 49.4 Å². The summed E-state index contributed by atoms with van der Waals surface area (Å²) in [6, 6.07) is 70.7. The first-order valence-electron chi connectivity index (χ1n) is 37.1. The van der Waals surface area contributed by atoms with Gasteiger partial charge in [0, 0.05) is 91.6 Å². The summed E-state index contributed by atoms with van der Waals surface area (Å²) in [6.45, 7) is 7.04. The van der Waals surface area contributed by atoms with Crippen LogP contribution in [0.25, 0.3) is 0 Å². The van der Waals surface area contributed by atoms with Crippen molar-refractivity contribution in [1.82, 2.24) is 31.1 Å². The van der Waals surface area contributed by atoms with Crippen molar-refractivity contribution >= 4 is 35.6 Å². The predicted molar refractivity (Wildman–Crippen MR) is 409 cm³/mol. The van der Waals surface area contributed by atoms with Gasteiger partial charge in [-0.2, -0.15) is 0 Å². The predicted octanol–water partition coefficient (Wildman–Crippen LogP) is 13.6. The first kappa shape index (κ1) is 81.3. The van der Waals surface area contributed by atoms with Gasteiger partial charge in [0.05, 0.1) is 24.9 Å². The van der Waals surface area contributed by atoms with E-state index in [1.165, 1.54) is 0 Å². The molecule has 0 unspecified atom stereocenters. The van der Waals surface area contributed by atoms with E-state index < -0.39 is 24.0 Å². The van der Waals surface area contributed by atoms with Crippen LogP contribution in [0.3, 0.4) is 0 Å². The lowest BCUT2D eigenvalue weighted by Crippen LogP contribution is -2.46. The fourth-order valence-electron chi connectivity index (χ4n) is 11.8. The van der Waals surface area contributed by atoms with Gasteiger partial charge in [-0.1, -0.05) is 170 Å². The highest BCUT2D eigenvalue weighted by atomic mass is 16.5. The summed E-state index contributed by atoms with van der Waals surface area (Å²) in [5.74, 6) is -0.00322. The summed E-state index contributed by atoms with van der Waals surface area (Å²) in [4.78, 5) is 80.4. The molecule has 106 heavy (non-hydrogen) atoms. The molecule has 0 aliphatic heterocycles. The number of carboxylic acid groups (broad SMARTS) is 2. The number of carbonyl (C=O) groups is 6. The number of nitrogens with one attached hydrogen (secondary N) is 4. The van der Waals surface area contributed by atoms with Crippen LogP contribution in [0, 0.1) is 0 Å². The monoisotopic (exact) mass is 1440 g/mol. The molecule has 8 aromatic carbocycles. The highest BCUT2D eigenvalue weighted by Crippen LogP contribution is 2.26. The minimum atomic E-state index is -1.03. The maximum absolute atomic E-state index is 14.5. The summed E-state index contributed by atoms with van der Waals surface area (Å²) in [6.07, 6.45) is 5.50. The third-order valence-electron chi connectivity index (χ3n) is 17.7. The Labute approximate surface area is 624 Å². The van der Waals surface area contributed by atoms with Crippen LogP contribution in [-0.2, 0) is 90.8 Å². The van der Waals surface area contributed by atoms with E-state index in [2.05, 4.69) is 31.1 Å². The highest BCUT2D eigenvalue weighted by Gasteiger charge is 2.28. The molecule has 8 rings (SSSR count). The third-order valence-corrected chi connectivity index (χ3v) is 17.7. The Kier molecular flexibility index (Phi) is 36.7. The molecule has 0 fully saturated rings. The van der Waals surface area contributed by atoms with Gasteiger partial charge in [0.25, 0.3) is 0 Å². The standard InChI is InChI=1S/C86H104N6O14/c93-81(47-49-83(95)96)87-51-15-13-29-79(91(59-67-31-39-75(40-32-67)103-63-71-21-5-1-6-22-71)60-68-33-41-76(42-34-68)104-64-72-23-7-2-8-24-72)85(99)89-53-19-57-101-55-17-18-56-102-58-20-54-90-86(100)80(30-14-16-52-88-82(94)48-50-84(97)98)92(61-69-35-43-77(44-36-69)105-65-73-25-9-3-10-26-73)62-70-37-45-78(46-38-70)106-66-74-27-11-4-12-28-74/h1-12,21-28,31-46,79-80H,13-20,29-30,47-66H2,(H,87,93)(H,88,94)(H,89,99)(H,90,100)(H,95,96)(H,97,98)/t79-,80-/m0/s1. The zero-order valence-corrected chi connectivity index (χ0v) is 60.8. The van der Waals surface area contributed by atoms with E-state index in [4.69, 9.17) is 38.6 Å². The zero-order chi connectivity index (χ0) is 74.4. The summed E-state index contributed by atoms with van der Waals surface area (Å²) in [5.41, 5.74) is 8.25. The number of ether oxygens (including phenoxy) is 6. The number of hydrogen-bond acceptors (Lipinski definition) is 14. The van der Waals surface area contributed by atoms with Gasteiger partial charge in [-0.3, -0.25) is 38.6 Å². The first-order chi connectivity index (χ1) is 51.9. The molecule has 8 aromatic rings. The van der Waals surface area contributed by atoms with Gasteiger partial charge < -0.3 is 59.9 Å². The Morgan fingerprint density at radius 3 is 0.830 bits per heavy atom. The molecule has 0 spiro atoms. The van der Waals surface area contributed by atoms with Crippen molar-refractivity contribution in [2.75, 3.05) is 52.6 Å². The quantitative estimate of drug-likeness (QED) is 0.0194. The van der Waals surface area contributed by atoms with Crippen molar-refractivity contribution in [1.29, 1.82) is 0 Å². The number of amides is 4. The molecule has 0 saturated carbocycles. The van der Waals surface area contributed by atoms with Gasteiger partial charge in [-0.05, 0) is 157 Å². The molecule has 562 valence electrons. The summed E-state index contributed by atoms with van der Waals surface area (Å²) in [7, 11) is 0. The van der Waals surface area contributed by atoms with E-state index in [1.807, 2.05) is 218 Å². The number of hydrogen-bond donors (Lipinski definition) is 6. The number of aliphatic carboxylic acids is 2. The van der Waals surface area contributed by atoms with E-state index in [-0.39, 0.29) is 49.3 Å². The van der Waals surface area contributed by atoms with Gasteiger partial charge in [0.2, 0.25) is 23.6 Å². The lowest BCUT2D eigenvalue weighted by Gasteiger charge is -2.31. The van der Waals surface area contributed by atoms with Crippen LogP contribution in [0.5, 0.6) is 23.0 Å². The van der Waals surface area contributed by atoms with Crippen molar-refractivity contribution in [2.24, 2.45) is 0 Å². The fraction of sp³-hybridized carbons (Fsp3) is 0.372. The maximum Gasteiger partial charge on any atom is 0.303 e. The first-order valence-corrected chi connectivity index (χ1v) is 37.1. The van der Waals surface area contributed by atoms with E-state index in [0.717, 1.165) is 80.3 Å². The lowest BCUT2D eigenvalue weighted by molar-refractivity contribution is -0.139. The van der Waals surface area contributed by atoms with Crippen molar-refractivity contribution in [3.8, 4) is 23.0 Å². The SMILES string of the molecule is O=C(O)CCC(=O)NCCCC[C@@H](C(=O)NCCCOCCCCOCCCNC(=O)[C@H](CCCCNC(=O)CCC(=O)O)N(Cc1ccc(OCc2ccccc2)cc1)Cc1ccc(OCc2ccccc2)cc1)N(Cc1ccc(OCc2ccccc2)cc1)Cc1ccc(OCc2ccccc2)cc1. The number of benzene rings is 8. The van der Waals surface area contributed by atoms with E-state index in [1.54, 1.807) is 0 Å². The minimum Gasteiger partial charge on any atom is -0.489 e. The minimum absolute atomic E-state index is 0.0970. The lowest BCUT2D eigenvalue weighted by atomic mass is 10.0. The maximum atomic E-state index is 14.5. The molecule has 0 aliphatic carbocycles. The molecule has 20 heteroatoms. The van der Waals surface area contributed by atoms with Gasteiger partial charge >= 0.3 is 11.9 Å². The second-order valence-corrected chi connectivity index (χ2v) is 26.2. The topological polar surface area (TPSA) is 253 Å². The molecule has 0 bridgehead atoms. The van der Waals surface area contributed by atoms with Gasteiger partial charge in [0.15, 0.2) is 0 Å². The molecule has 0 heterocycles. The molecule has 0 aromatic heterocycles. The molecule has 0 radical (unpaired) electrons. The average molecular weight is 1450 g/mol. The fourth-order valence-corrected chi connectivity index (χ4v) is 11.8. The number of unbranched alkanes of at least 4 members (excludes halogenated alkanes) is 3. The molecular formula is C86H104N6O14. The molecule has 0 saturated heterocycles. The third kappa shape index (κ3) is 32.7. The zero-order valence-electron chi connectivity index (χ0n) is 60.8. The molecule has 20 nitrogen and oxygen atoms in total. The summed E-state index contributed by atoms with van der Waals surface area (Å²) in [5, 5.41) is 30.2. The Hall–Kier alpha value is -10.4. The summed E-state index contributed by atoms with van der Waals surface area (Å²) >= 11 is 0. The number of nitrogens with zero attached hydrogens (tertiary/aromatic N) is 2. The van der Waals surface area contributed by atoms with E-state index in [9.17, 15) is 28.8 Å². The molecular weight excluding hydrogens is 1340 g/mol. The van der Waals surface area contributed by atoms with Crippen LogP contribution in [0.4, 0.5) is 0 Å². The number of carboxylic acids is 2. The van der Waals surface area contributed by atoms with Crippen LogP contribution in [0.15, 0.2) is 218 Å². The van der Waals surface area contributed by atoms with Crippen LogP contribution in [0.2, 0.25) is 0 Å². The van der Waals surface area contributed by atoms with Crippen molar-refractivity contribution in [3.05, 3.63) is 263 Å². The number of rotatable bonds is 53. The Bertz CT molecular complexity index is 3370. The Morgan fingerprint density at radius 2 is 0.557 bits per heavy atom. The van der Waals surface area contributed by atoms with Crippen molar-refractivity contribution in [2.45, 2.75) is 155 Å². The Morgan fingerprint density at radius 1 is 0.292 bits per heavy atom. The largest absolute Gasteiger partial charge is 0.489 e. The molecule has 6 N–H and O–H groups in total. The van der Waals surface area contributed by atoms with E-state index in [0.29, 0.717) is 157 Å². The molecule has 0 aliphatic rings. The van der Waals surface area contributed by atoms with Crippen molar-refractivity contribution < 1.29 is 67.4 Å². The van der Waals surface area contributed by atoms with E-state index >= 15 is 0 Å². The van der Waals surface area contributed by atoms with Crippen LogP contribution >= 0.6 is 0 Å². The summed E-state index contributed by atoms with van der Waals surface area (Å²) < 4.78 is 36.5. The number of carbonyl (C=O) groups excluding carboxylic acids is 4. The Balaban J connectivity index is 0.814. The van der Waals surface area contributed by atoms with Gasteiger partial charge in [-0.25, -0.2) is 0 Å². The normalized spacial score (nSPS) is 11.7. The molecule has 2 atom stereocenters. The van der Waals surface area contributed by atoms with Crippen LogP contribution < -0.4 is 40.2 Å². The molecule has 4 amide bonds.